The summed E-state index contributed by atoms with van der Waals surface area (Å²) in [5, 5.41) is 10.7. The highest BCUT2D eigenvalue weighted by atomic mass is 35.5. The lowest BCUT2D eigenvalue weighted by Crippen LogP contribution is -2.22. The number of rotatable bonds is 9. The number of hydrogen-bond acceptors (Lipinski definition) is 6. The normalized spacial score (nSPS) is 10.9. The van der Waals surface area contributed by atoms with Crippen LogP contribution in [0.4, 0.5) is 5.69 Å². The fourth-order valence-electron chi connectivity index (χ4n) is 3.01. The van der Waals surface area contributed by atoms with Gasteiger partial charge in [-0.15, -0.1) is 12.4 Å². The first-order valence-corrected chi connectivity index (χ1v) is 9.64. The van der Waals surface area contributed by atoms with Crippen molar-refractivity contribution in [2.24, 2.45) is 5.73 Å². The summed E-state index contributed by atoms with van der Waals surface area (Å²) in [6, 6.07) is 21.2. The third-order valence-corrected chi connectivity index (χ3v) is 4.66. The summed E-state index contributed by atoms with van der Waals surface area (Å²) < 4.78 is 16.3. The molecule has 3 rings (SSSR count). The molecule has 0 spiro atoms. The molecule has 3 aromatic rings. The van der Waals surface area contributed by atoms with Gasteiger partial charge in [-0.1, -0.05) is 30.3 Å². The number of nitrogen functional groups attached to an aromatic ring is 1. The van der Waals surface area contributed by atoms with Crippen molar-refractivity contribution in [3.8, 4) is 11.5 Å². The summed E-state index contributed by atoms with van der Waals surface area (Å²) >= 11 is 0. The van der Waals surface area contributed by atoms with Crippen LogP contribution in [0.3, 0.4) is 0 Å². The Morgan fingerprint density at radius 2 is 1.66 bits per heavy atom. The molecule has 1 unspecified atom stereocenters. The molecule has 0 saturated carbocycles. The van der Waals surface area contributed by atoms with Crippen LogP contribution >= 0.6 is 12.4 Å². The van der Waals surface area contributed by atoms with Crippen molar-refractivity contribution in [1.29, 1.82) is 5.41 Å². The minimum atomic E-state index is -0.789. The van der Waals surface area contributed by atoms with Gasteiger partial charge in [0.1, 0.15) is 23.9 Å². The zero-order valence-electron chi connectivity index (χ0n) is 17.8. The quantitative estimate of drug-likeness (QED) is 0.252. The molecule has 8 heteroatoms. The Bertz CT molecular complexity index is 1040. The molecule has 0 aliphatic rings. The fourth-order valence-corrected chi connectivity index (χ4v) is 3.01. The third kappa shape index (κ3) is 6.39. The van der Waals surface area contributed by atoms with E-state index in [0.717, 1.165) is 5.56 Å². The predicted molar refractivity (Wildman–Crippen MR) is 127 cm³/mol. The molecule has 0 aromatic heterocycles. The average molecular weight is 456 g/mol. The van der Waals surface area contributed by atoms with Crippen LogP contribution in [0.15, 0.2) is 72.8 Å². The standard InChI is InChI=1S/C24H25N3O4.ClH/c1-29-20-12-18(13-21(14-20)31-15-16-6-4-3-5-7-16)22(24(28)30-2)27-19-10-8-17(9-11-19)23(25)26;/h3-14,22,27H,15H2,1-2H3,(H3,25,26);1H. The lowest BCUT2D eigenvalue weighted by Gasteiger charge is -2.20. The van der Waals surface area contributed by atoms with Crippen LogP contribution < -0.4 is 20.5 Å². The van der Waals surface area contributed by atoms with Gasteiger partial charge in [-0.2, -0.15) is 0 Å². The molecule has 1 atom stereocenters. The highest BCUT2D eigenvalue weighted by molar-refractivity contribution is 5.95. The predicted octanol–water partition coefficient (Wildman–Crippen LogP) is 4.31. The second kappa shape index (κ2) is 11.6. The second-order valence-corrected chi connectivity index (χ2v) is 6.81. The van der Waals surface area contributed by atoms with Gasteiger partial charge in [0.05, 0.1) is 14.2 Å². The van der Waals surface area contributed by atoms with E-state index >= 15 is 0 Å². The van der Waals surface area contributed by atoms with Crippen molar-refractivity contribution < 1.29 is 19.0 Å². The van der Waals surface area contributed by atoms with Crippen molar-refractivity contribution in [3.63, 3.8) is 0 Å². The van der Waals surface area contributed by atoms with Gasteiger partial charge < -0.3 is 25.3 Å². The number of carbonyl (C=O) groups is 1. The van der Waals surface area contributed by atoms with Crippen LogP contribution in [0, 0.1) is 5.41 Å². The Kier molecular flexibility index (Phi) is 8.92. The molecule has 0 bridgehead atoms. The first-order valence-electron chi connectivity index (χ1n) is 9.64. The van der Waals surface area contributed by atoms with E-state index in [0.29, 0.717) is 34.9 Å². The van der Waals surface area contributed by atoms with Gasteiger partial charge in [0.15, 0.2) is 6.04 Å². The van der Waals surface area contributed by atoms with E-state index in [-0.39, 0.29) is 18.2 Å². The molecule has 0 saturated heterocycles. The fraction of sp³-hybridized carbons (Fsp3) is 0.167. The molecule has 0 aliphatic carbocycles. The molecule has 3 aromatic carbocycles. The van der Waals surface area contributed by atoms with Gasteiger partial charge >= 0.3 is 5.97 Å². The third-order valence-electron chi connectivity index (χ3n) is 4.66. The molecule has 32 heavy (non-hydrogen) atoms. The molecule has 0 radical (unpaired) electrons. The lowest BCUT2D eigenvalue weighted by molar-refractivity contribution is -0.141. The number of methoxy groups -OCH3 is 2. The maximum absolute atomic E-state index is 12.6. The van der Waals surface area contributed by atoms with Crippen LogP contribution in [-0.4, -0.2) is 26.0 Å². The monoisotopic (exact) mass is 455 g/mol. The van der Waals surface area contributed by atoms with Crippen LogP contribution in [0.2, 0.25) is 0 Å². The molecular formula is C24H26ClN3O4. The van der Waals surface area contributed by atoms with Crippen molar-refractivity contribution >= 4 is 29.9 Å². The Morgan fingerprint density at radius 3 is 2.25 bits per heavy atom. The van der Waals surface area contributed by atoms with Gasteiger partial charge in [-0.25, -0.2) is 4.79 Å². The van der Waals surface area contributed by atoms with Gasteiger partial charge in [-0.3, -0.25) is 5.41 Å². The van der Waals surface area contributed by atoms with Crippen LogP contribution in [0.5, 0.6) is 11.5 Å². The summed E-state index contributed by atoms with van der Waals surface area (Å²) in [6.07, 6.45) is 0. The topological polar surface area (TPSA) is 107 Å². The number of halogens is 1. The first-order chi connectivity index (χ1) is 15.0. The lowest BCUT2D eigenvalue weighted by atomic mass is 10.0. The van der Waals surface area contributed by atoms with E-state index in [9.17, 15) is 4.79 Å². The van der Waals surface area contributed by atoms with Crippen molar-refractivity contribution in [1.82, 2.24) is 0 Å². The molecule has 0 fully saturated rings. The van der Waals surface area contributed by atoms with Crippen LogP contribution in [0.25, 0.3) is 0 Å². The van der Waals surface area contributed by atoms with Gasteiger partial charge in [-0.05, 0) is 47.5 Å². The SMILES string of the molecule is COC(=O)C(Nc1ccc(C(=N)N)cc1)c1cc(OC)cc(OCc2ccccc2)c1.Cl. The Hall–Kier alpha value is -3.71. The zero-order valence-corrected chi connectivity index (χ0v) is 18.6. The van der Waals surface area contributed by atoms with E-state index in [4.69, 9.17) is 25.4 Å². The summed E-state index contributed by atoms with van der Waals surface area (Å²) in [6.45, 7) is 0.385. The number of anilines is 1. The molecule has 0 aliphatic heterocycles. The van der Waals surface area contributed by atoms with Crippen LogP contribution in [0.1, 0.15) is 22.7 Å². The first kappa shape index (κ1) is 24.6. The molecular weight excluding hydrogens is 430 g/mol. The molecule has 0 amide bonds. The van der Waals surface area contributed by atoms with Crippen molar-refractivity contribution in [2.75, 3.05) is 19.5 Å². The second-order valence-electron chi connectivity index (χ2n) is 6.81. The van der Waals surface area contributed by atoms with Crippen molar-refractivity contribution in [3.05, 3.63) is 89.5 Å². The smallest absolute Gasteiger partial charge is 0.332 e. The minimum Gasteiger partial charge on any atom is -0.497 e. The van der Waals surface area contributed by atoms with Crippen molar-refractivity contribution in [2.45, 2.75) is 12.6 Å². The van der Waals surface area contributed by atoms with E-state index in [1.54, 1.807) is 49.6 Å². The van der Waals surface area contributed by atoms with Gasteiger partial charge in [0.2, 0.25) is 0 Å². The Balaban J connectivity index is 0.00000363. The van der Waals surface area contributed by atoms with E-state index in [2.05, 4.69) is 5.32 Å². The highest BCUT2D eigenvalue weighted by Crippen LogP contribution is 2.30. The maximum atomic E-state index is 12.6. The number of ether oxygens (including phenoxy) is 3. The maximum Gasteiger partial charge on any atom is 0.332 e. The molecule has 0 heterocycles. The van der Waals surface area contributed by atoms with Gasteiger partial charge in [0.25, 0.3) is 0 Å². The number of nitrogens with one attached hydrogen (secondary N) is 2. The summed E-state index contributed by atoms with van der Waals surface area (Å²) in [5.74, 6) is 0.644. The van der Waals surface area contributed by atoms with E-state index < -0.39 is 12.0 Å². The van der Waals surface area contributed by atoms with Gasteiger partial charge in [0, 0.05) is 17.3 Å². The Morgan fingerprint density at radius 1 is 1.00 bits per heavy atom. The van der Waals surface area contributed by atoms with E-state index in [1.165, 1.54) is 7.11 Å². The number of esters is 1. The molecule has 4 N–H and O–H groups in total. The molecule has 168 valence electrons. The zero-order chi connectivity index (χ0) is 22.2. The average Bonchev–Trinajstić information content (AvgIpc) is 2.81. The number of nitrogens with two attached hydrogens (primary N) is 1. The number of carbonyl (C=O) groups excluding carboxylic acids is 1. The van der Waals surface area contributed by atoms with E-state index in [1.807, 2.05) is 30.3 Å². The van der Waals surface area contributed by atoms with Crippen LogP contribution in [-0.2, 0) is 16.1 Å². The molecule has 7 nitrogen and oxygen atoms in total. The summed E-state index contributed by atoms with van der Waals surface area (Å²) in [4.78, 5) is 12.6. The number of amidine groups is 1. The largest absolute Gasteiger partial charge is 0.497 e. The Labute approximate surface area is 193 Å². The summed E-state index contributed by atoms with van der Waals surface area (Å²) in [5.41, 5.74) is 8.43. The highest BCUT2D eigenvalue weighted by Gasteiger charge is 2.23. The minimum absolute atomic E-state index is 0. The number of benzene rings is 3. The summed E-state index contributed by atoms with van der Waals surface area (Å²) in [7, 11) is 2.89. The number of hydrogen-bond donors (Lipinski definition) is 3.